The van der Waals surface area contributed by atoms with Crippen molar-refractivity contribution in [2.24, 2.45) is 7.05 Å². The van der Waals surface area contributed by atoms with Crippen molar-refractivity contribution in [3.8, 4) is 17.0 Å². The van der Waals surface area contributed by atoms with Crippen molar-refractivity contribution in [1.82, 2.24) is 9.55 Å². The number of hydrogen-bond donors (Lipinski definition) is 1. The van der Waals surface area contributed by atoms with E-state index in [4.69, 9.17) is 4.74 Å². The third-order valence-electron chi connectivity index (χ3n) is 3.71. The van der Waals surface area contributed by atoms with Crippen molar-refractivity contribution in [2.45, 2.75) is 6.54 Å². The smallest absolute Gasteiger partial charge is 0.203 e. The Kier molecular flexibility index (Phi) is 4.28. The van der Waals surface area contributed by atoms with Gasteiger partial charge in [-0.25, -0.2) is 9.37 Å². The number of imidazole rings is 1. The normalized spacial score (nSPS) is 10.6. The summed E-state index contributed by atoms with van der Waals surface area (Å²) in [5.41, 5.74) is 2.92. The molecule has 0 aliphatic carbocycles. The number of hydrogen-bond acceptors (Lipinski definition) is 3. The van der Waals surface area contributed by atoms with E-state index < -0.39 is 0 Å². The summed E-state index contributed by atoms with van der Waals surface area (Å²) in [5.74, 6) is 1.32. The van der Waals surface area contributed by atoms with Crippen LogP contribution < -0.4 is 10.1 Å². The number of anilines is 1. The Hall–Kier alpha value is -2.82. The minimum absolute atomic E-state index is 0.233. The van der Waals surface area contributed by atoms with Gasteiger partial charge in [0.05, 0.1) is 19.0 Å². The molecule has 1 N–H and O–H groups in total. The molecule has 0 unspecified atom stereocenters. The van der Waals surface area contributed by atoms with Gasteiger partial charge in [-0.3, -0.25) is 0 Å². The average molecular weight is 311 g/mol. The molecule has 23 heavy (non-hydrogen) atoms. The fourth-order valence-electron chi connectivity index (χ4n) is 2.43. The van der Waals surface area contributed by atoms with E-state index in [2.05, 4.69) is 10.3 Å². The van der Waals surface area contributed by atoms with Gasteiger partial charge in [0.2, 0.25) is 5.95 Å². The van der Waals surface area contributed by atoms with Crippen molar-refractivity contribution in [1.29, 1.82) is 0 Å². The molecule has 0 aliphatic heterocycles. The summed E-state index contributed by atoms with van der Waals surface area (Å²) in [6, 6.07) is 14.4. The zero-order valence-corrected chi connectivity index (χ0v) is 13.1. The minimum Gasteiger partial charge on any atom is -0.497 e. The number of ether oxygens (including phenoxy) is 1. The van der Waals surface area contributed by atoms with E-state index in [0.29, 0.717) is 6.54 Å². The summed E-state index contributed by atoms with van der Waals surface area (Å²) in [4.78, 5) is 4.40. The SMILES string of the molecule is COc1ccc(-c2cnc(NCc3cccc(F)c3)n2C)cc1. The molecule has 0 amide bonds. The Morgan fingerprint density at radius 2 is 1.96 bits per heavy atom. The lowest BCUT2D eigenvalue weighted by molar-refractivity contribution is 0.415. The maximum Gasteiger partial charge on any atom is 0.203 e. The van der Waals surface area contributed by atoms with Crippen LogP contribution in [0.2, 0.25) is 0 Å². The van der Waals surface area contributed by atoms with Crippen LogP contribution >= 0.6 is 0 Å². The van der Waals surface area contributed by atoms with Gasteiger partial charge in [-0.1, -0.05) is 12.1 Å². The standard InChI is InChI=1S/C18H18FN3O/c1-22-17(14-6-8-16(23-2)9-7-14)12-21-18(22)20-11-13-4-3-5-15(19)10-13/h3-10,12H,11H2,1-2H3,(H,20,21). The maximum atomic E-state index is 13.2. The first-order valence-electron chi connectivity index (χ1n) is 7.32. The van der Waals surface area contributed by atoms with Crippen LogP contribution in [0.15, 0.2) is 54.7 Å². The van der Waals surface area contributed by atoms with Gasteiger partial charge in [0.1, 0.15) is 11.6 Å². The van der Waals surface area contributed by atoms with Crippen molar-refractivity contribution >= 4 is 5.95 Å². The molecule has 0 aliphatic rings. The Balaban J connectivity index is 1.76. The molecule has 3 aromatic rings. The van der Waals surface area contributed by atoms with Crippen LogP contribution in [0.1, 0.15) is 5.56 Å². The Bertz CT molecular complexity index is 796. The maximum absolute atomic E-state index is 13.2. The number of benzene rings is 2. The fraction of sp³-hybridized carbons (Fsp3) is 0.167. The lowest BCUT2D eigenvalue weighted by Crippen LogP contribution is -2.05. The monoisotopic (exact) mass is 311 g/mol. The number of nitrogens with zero attached hydrogens (tertiary/aromatic N) is 2. The summed E-state index contributed by atoms with van der Waals surface area (Å²) in [7, 11) is 3.59. The minimum atomic E-state index is -0.233. The number of methoxy groups -OCH3 is 1. The molecular formula is C18H18FN3O. The Morgan fingerprint density at radius 3 is 2.65 bits per heavy atom. The van der Waals surface area contributed by atoms with E-state index in [1.165, 1.54) is 12.1 Å². The quantitative estimate of drug-likeness (QED) is 0.778. The molecule has 0 spiro atoms. The first-order chi connectivity index (χ1) is 11.2. The van der Waals surface area contributed by atoms with E-state index in [1.54, 1.807) is 13.2 Å². The summed E-state index contributed by atoms with van der Waals surface area (Å²) >= 11 is 0. The molecule has 0 bridgehead atoms. The summed E-state index contributed by atoms with van der Waals surface area (Å²) in [6.45, 7) is 0.519. The molecule has 1 aromatic heterocycles. The highest BCUT2D eigenvalue weighted by Gasteiger charge is 2.08. The van der Waals surface area contributed by atoms with Crippen molar-refractivity contribution in [2.75, 3.05) is 12.4 Å². The Morgan fingerprint density at radius 1 is 1.17 bits per heavy atom. The van der Waals surface area contributed by atoms with Gasteiger partial charge in [-0.15, -0.1) is 0 Å². The van der Waals surface area contributed by atoms with E-state index in [-0.39, 0.29) is 5.82 Å². The van der Waals surface area contributed by atoms with Crippen LogP contribution in [0.4, 0.5) is 10.3 Å². The van der Waals surface area contributed by atoms with E-state index in [1.807, 2.05) is 48.1 Å². The zero-order chi connectivity index (χ0) is 16.2. The van der Waals surface area contributed by atoms with E-state index in [9.17, 15) is 4.39 Å². The molecule has 0 radical (unpaired) electrons. The van der Waals surface area contributed by atoms with Crippen LogP contribution in [0.3, 0.4) is 0 Å². The van der Waals surface area contributed by atoms with Gasteiger partial charge in [-0.2, -0.15) is 0 Å². The third kappa shape index (κ3) is 3.34. The molecule has 0 fully saturated rings. The molecule has 118 valence electrons. The highest BCUT2D eigenvalue weighted by molar-refractivity contribution is 5.62. The van der Waals surface area contributed by atoms with Gasteiger partial charge in [0, 0.05) is 19.2 Å². The molecule has 2 aromatic carbocycles. The van der Waals surface area contributed by atoms with Crippen LogP contribution in [0.5, 0.6) is 5.75 Å². The molecule has 1 heterocycles. The van der Waals surface area contributed by atoms with Crippen LogP contribution in [-0.4, -0.2) is 16.7 Å². The second-order valence-electron chi connectivity index (χ2n) is 5.24. The highest BCUT2D eigenvalue weighted by atomic mass is 19.1. The Labute approximate surface area is 134 Å². The fourth-order valence-corrected chi connectivity index (χ4v) is 2.43. The van der Waals surface area contributed by atoms with Gasteiger partial charge < -0.3 is 14.6 Å². The highest BCUT2D eigenvalue weighted by Crippen LogP contribution is 2.24. The summed E-state index contributed by atoms with van der Waals surface area (Å²) in [6.07, 6.45) is 1.82. The molecule has 0 saturated carbocycles. The van der Waals surface area contributed by atoms with Gasteiger partial charge in [-0.05, 0) is 42.0 Å². The van der Waals surface area contributed by atoms with E-state index in [0.717, 1.165) is 28.5 Å². The van der Waals surface area contributed by atoms with Gasteiger partial charge in [0.25, 0.3) is 0 Å². The van der Waals surface area contributed by atoms with Crippen molar-refractivity contribution in [3.05, 3.63) is 66.1 Å². The van der Waals surface area contributed by atoms with Crippen LogP contribution in [-0.2, 0) is 13.6 Å². The van der Waals surface area contributed by atoms with Crippen LogP contribution in [0, 0.1) is 5.82 Å². The molecule has 4 nitrogen and oxygen atoms in total. The predicted octanol–water partition coefficient (Wildman–Crippen LogP) is 3.85. The first kappa shape index (κ1) is 15.1. The average Bonchev–Trinajstić information content (AvgIpc) is 2.94. The van der Waals surface area contributed by atoms with Crippen molar-refractivity contribution in [3.63, 3.8) is 0 Å². The summed E-state index contributed by atoms with van der Waals surface area (Å²) < 4.78 is 20.3. The predicted molar refractivity (Wildman–Crippen MR) is 88.9 cm³/mol. The second-order valence-corrected chi connectivity index (χ2v) is 5.24. The molecule has 5 heteroatoms. The third-order valence-corrected chi connectivity index (χ3v) is 3.71. The largest absolute Gasteiger partial charge is 0.497 e. The first-order valence-corrected chi connectivity index (χ1v) is 7.32. The van der Waals surface area contributed by atoms with Gasteiger partial charge in [0.15, 0.2) is 0 Å². The lowest BCUT2D eigenvalue weighted by Gasteiger charge is -2.09. The number of nitrogens with one attached hydrogen (secondary N) is 1. The zero-order valence-electron chi connectivity index (χ0n) is 13.1. The van der Waals surface area contributed by atoms with Gasteiger partial charge >= 0.3 is 0 Å². The van der Waals surface area contributed by atoms with Crippen molar-refractivity contribution < 1.29 is 9.13 Å². The van der Waals surface area contributed by atoms with E-state index >= 15 is 0 Å². The number of rotatable bonds is 5. The summed E-state index contributed by atoms with van der Waals surface area (Å²) in [5, 5.41) is 3.23. The molecule has 0 atom stereocenters. The molecule has 3 rings (SSSR count). The molecule has 0 saturated heterocycles. The number of aromatic nitrogens is 2. The lowest BCUT2D eigenvalue weighted by atomic mass is 10.1. The topological polar surface area (TPSA) is 39.1 Å². The second kappa shape index (κ2) is 6.52. The molecular weight excluding hydrogens is 293 g/mol. The number of halogens is 1. The van der Waals surface area contributed by atoms with Crippen LogP contribution in [0.25, 0.3) is 11.3 Å².